The second kappa shape index (κ2) is 21.5. The van der Waals surface area contributed by atoms with Crippen LogP contribution in [0.4, 0.5) is 0 Å². The van der Waals surface area contributed by atoms with Gasteiger partial charge in [0.1, 0.15) is 19.8 Å². The van der Waals surface area contributed by atoms with Crippen molar-refractivity contribution in [1.82, 2.24) is 0 Å². The normalized spacial score (nSPS) is 10.8. The van der Waals surface area contributed by atoms with E-state index < -0.39 is 23.3 Å². The van der Waals surface area contributed by atoms with E-state index in [0.717, 1.165) is 43.1 Å². The lowest BCUT2D eigenvalue weighted by atomic mass is 9.84. The maximum Gasteiger partial charge on any atom is 0.330 e. The third-order valence-electron chi connectivity index (χ3n) is 5.14. The molecule has 0 amide bonds. The summed E-state index contributed by atoms with van der Waals surface area (Å²) in [5.74, 6) is -1.96. The molecule has 0 saturated carbocycles. The maximum absolute atomic E-state index is 11.6. The molecule has 206 valence electrons. The molecule has 0 saturated heterocycles. The fourth-order valence-corrected chi connectivity index (χ4v) is 2.55. The molecule has 0 rings (SSSR count). The number of rotatable bonds is 19. The standard InChI is InChI=1S/C18H22O7.C10H18O2/c1-5-14(19)9-10-18(11-23-15(20)6-2,12-24-16(21)7-3)13-25-17(22)8-4;1-4-9(3)7-6-8-12-10(11)5-2/h5-8H,1-4,9-13H2;5,9H,2,4,6-8H2,1,3H3. The van der Waals surface area contributed by atoms with Gasteiger partial charge in [0.05, 0.1) is 12.0 Å². The Bertz CT molecular complexity index is 709. The minimum Gasteiger partial charge on any atom is -0.463 e. The van der Waals surface area contributed by atoms with Crippen molar-refractivity contribution in [1.29, 1.82) is 0 Å². The summed E-state index contributed by atoms with van der Waals surface area (Å²) in [5, 5.41) is 0. The van der Waals surface area contributed by atoms with Gasteiger partial charge >= 0.3 is 23.9 Å². The number of esters is 4. The molecule has 0 aromatic rings. The Labute approximate surface area is 219 Å². The van der Waals surface area contributed by atoms with Gasteiger partial charge in [-0.2, -0.15) is 0 Å². The monoisotopic (exact) mass is 520 g/mol. The molecule has 0 aromatic carbocycles. The fraction of sp³-hybridized carbons (Fsp3) is 0.464. The van der Waals surface area contributed by atoms with E-state index in [1.807, 2.05) is 0 Å². The van der Waals surface area contributed by atoms with Crippen LogP contribution in [0.5, 0.6) is 0 Å². The van der Waals surface area contributed by atoms with E-state index in [0.29, 0.717) is 6.61 Å². The van der Waals surface area contributed by atoms with Crippen molar-refractivity contribution in [2.45, 2.75) is 46.0 Å². The molecule has 9 nitrogen and oxygen atoms in total. The number of allylic oxidation sites excluding steroid dienone is 1. The van der Waals surface area contributed by atoms with Gasteiger partial charge in [0.25, 0.3) is 0 Å². The third-order valence-corrected chi connectivity index (χ3v) is 5.14. The van der Waals surface area contributed by atoms with Crippen LogP contribution in [0, 0.1) is 11.3 Å². The van der Waals surface area contributed by atoms with Crippen LogP contribution in [0.25, 0.3) is 0 Å². The number of ether oxygens (including phenoxy) is 4. The van der Waals surface area contributed by atoms with Crippen LogP contribution >= 0.6 is 0 Å². The first-order chi connectivity index (χ1) is 17.5. The van der Waals surface area contributed by atoms with E-state index in [9.17, 15) is 24.0 Å². The maximum atomic E-state index is 11.6. The molecule has 0 aromatic heterocycles. The molecule has 0 radical (unpaired) electrons. The van der Waals surface area contributed by atoms with Crippen LogP contribution in [0.2, 0.25) is 0 Å². The molecular weight excluding hydrogens is 480 g/mol. The Kier molecular flexibility index (Phi) is 20.6. The predicted molar refractivity (Wildman–Crippen MR) is 140 cm³/mol. The zero-order chi connectivity index (χ0) is 28.7. The zero-order valence-corrected chi connectivity index (χ0v) is 22.0. The molecule has 0 spiro atoms. The summed E-state index contributed by atoms with van der Waals surface area (Å²) in [5.41, 5.74) is -1.12. The lowest BCUT2D eigenvalue weighted by Gasteiger charge is -2.31. The van der Waals surface area contributed by atoms with Crippen LogP contribution in [0.3, 0.4) is 0 Å². The number of carbonyl (C=O) groups is 5. The highest BCUT2D eigenvalue weighted by Gasteiger charge is 2.35. The minimum atomic E-state index is -1.12. The molecule has 0 aliphatic heterocycles. The second-order valence-corrected chi connectivity index (χ2v) is 8.13. The van der Waals surface area contributed by atoms with Gasteiger partial charge in [-0.3, -0.25) is 4.79 Å². The molecule has 0 N–H and O–H groups in total. The first-order valence-electron chi connectivity index (χ1n) is 11.8. The van der Waals surface area contributed by atoms with E-state index >= 15 is 0 Å². The van der Waals surface area contributed by atoms with E-state index in [4.69, 9.17) is 18.9 Å². The van der Waals surface area contributed by atoms with Crippen LogP contribution in [0.1, 0.15) is 46.0 Å². The molecule has 0 heterocycles. The molecule has 0 aliphatic carbocycles. The van der Waals surface area contributed by atoms with Gasteiger partial charge in [-0.05, 0) is 31.3 Å². The summed E-state index contributed by atoms with van der Waals surface area (Å²) in [6.45, 7) is 20.7. The number of hydrogen-bond acceptors (Lipinski definition) is 9. The van der Waals surface area contributed by atoms with Crippen LogP contribution in [-0.2, 0) is 42.9 Å². The highest BCUT2D eigenvalue weighted by atomic mass is 16.6. The summed E-state index contributed by atoms with van der Waals surface area (Å²) >= 11 is 0. The molecule has 0 fully saturated rings. The number of hydrogen-bond donors (Lipinski definition) is 0. The summed E-state index contributed by atoms with van der Waals surface area (Å²) in [4.78, 5) is 56.2. The summed E-state index contributed by atoms with van der Waals surface area (Å²) in [6.07, 6.45) is 8.66. The third kappa shape index (κ3) is 19.2. The lowest BCUT2D eigenvalue weighted by molar-refractivity contribution is -0.156. The molecular formula is C28H40O9. The average molecular weight is 521 g/mol. The SMILES string of the molecule is C=CC(=O)CCC(COC(=O)C=C)(COC(=O)C=C)COC(=O)C=C.C=CC(=O)OCCCC(C)CC. The first-order valence-corrected chi connectivity index (χ1v) is 11.8. The predicted octanol–water partition coefficient (Wildman–Crippen LogP) is 4.24. The molecule has 1 unspecified atom stereocenters. The molecule has 0 bridgehead atoms. The molecule has 1 atom stereocenters. The summed E-state index contributed by atoms with van der Waals surface area (Å²) in [6, 6.07) is 0. The smallest absolute Gasteiger partial charge is 0.330 e. The Hall–Kier alpha value is -3.75. The van der Waals surface area contributed by atoms with Gasteiger partial charge in [0.15, 0.2) is 5.78 Å². The summed E-state index contributed by atoms with van der Waals surface area (Å²) in [7, 11) is 0. The van der Waals surface area contributed by atoms with Gasteiger partial charge in [-0.25, -0.2) is 19.2 Å². The summed E-state index contributed by atoms with van der Waals surface area (Å²) < 4.78 is 19.9. The lowest BCUT2D eigenvalue weighted by Crippen LogP contribution is -2.39. The van der Waals surface area contributed by atoms with Crippen molar-refractivity contribution in [2.75, 3.05) is 26.4 Å². The topological polar surface area (TPSA) is 122 Å². The first kappa shape index (κ1) is 35.4. The quantitative estimate of drug-likeness (QED) is 0.106. The molecule has 37 heavy (non-hydrogen) atoms. The highest BCUT2D eigenvalue weighted by Crippen LogP contribution is 2.27. The Morgan fingerprint density at radius 3 is 1.46 bits per heavy atom. The van der Waals surface area contributed by atoms with Gasteiger partial charge < -0.3 is 18.9 Å². The zero-order valence-electron chi connectivity index (χ0n) is 22.0. The van der Waals surface area contributed by atoms with Gasteiger partial charge in [0.2, 0.25) is 0 Å². The van der Waals surface area contributed by atoms with E-state index in [-0.39, 0.29) is 44.4 Å². The molecule has 9 heteroatoms. The largest absolute Gasteiger partial charge is 0.463 e. The molecule has 0 aliphatic rings. The van der Waals surface area contributed by atoms with Gasteiger partial charge in [0, 0.05) is 30.7 Å². The van der Waals surface area contributed by atoms with Gasteiger partial charge in [-0.1, -0.05) is 53.2 Å². The van der Waals surface area contributed by atoms with E-state index in [1.54, 1.807) is 0 Å². The van der Waals surface area contributed by atoms with Crippen molar-refractivity contribution in [3.8, 4) is 0 Å². The van der Waals surface area contributed by atoms with E-state index in [1.165, 1.54) is 12.5 Å². The minimum absolute atomic E-state index is 0.0341. The number of carbonyl (C=O) groups excluding carboxylic acids is 5. The van der Waals surface area contributed by atoms with Crippen molar-refractivity contribution < 1.29 is 42.9 Å². The van der Waals surface area contributed by atoms with Crippen molar-refractivity contribution in [2.24, 2.45) is 11.3 Å². The van der Waals surface area contributed by atoms with Crippen molar-refractivity contribution >= 4 is 29.7 Å². The fourth-order valence-electron chi connectivity index (χ4n) is 2.55. The van der Waals surface area contributed by atoms with Crippen molar-refractivity contribution in [3.63, 3.8) is 0 Å². The highest BCUT2D eigenvalue weighted by molar-refractivity contribution is 5.89. The van der Waals surface area contributed by atoms with Crippen LogP contribution in [-0.4, -0.2) is 56.1 Å². The van der Waals surface area contributed by atoms with Crippen molar-refractivity contribution in [3.05, 3.63) is 63.3 Å². The Balaban J connectivity index is 0. The van der Waals surface area contributed by atoms with Gasteiger partial charge in [-0.15, -0.1) is 0 Å². The van der Waals surface area contributed by atoms with Crippen LogP contribution in [0.15, 0.2) is 63.3 Å². The van der Waals surface area contributed by atoms with Crippen LogP contribution < -0.4 is 0 Å². The Morgan fingerprint density at radius 1 is 0.703 bits per heavy atom. The Morgan fingerprint density at radius 2 is 1.11 bits per heavy atom. The number of ketones is 1. The average Bonchev–Trinajstić information content (AvgIpc) is 2.93. The second-order valence-electron chi connectivity index (χ2n) is 8.13. The van der Waals surface area contributed by atoms with E-state index in [2.05, 4.69) is 46.7 Å².